The first-order valence-electron chi connectivity index (χ1n) is 10.9. The molecular formula is C28H21NO6. The molecule has 0 radical (unpaired) electrons. The van der Waals surface area contributed by atoms with Gasteiger partial charge >= 0.3 is 5.97 Å². The Kier molecular flexibility index (Phi) is 7.28. The van der Waals surface area contributed by atoms with Crippen molar-refractivity contribution in [2.75, 3.05) is 6.61 Å². The lowest BCUT2D eigenvalue weighted by molar-refractivity contribution is -0.135. The maximum Gasteiger partial charge on any atom is 0.314 e. The molecule has 1 aliphatic rings. The summed E-state index contributed by atoms with van der Waals surface area (Å²) >= 11 is 0. The van der Waals surface area contributed by atoms with E-state index < -0.39 is 17.8 Å². The first-order chi connectivity index (χ1) is 17.0. The molecule has 35 heavy (non-hydrogen) atoms. The zero-order valence-electron chi connectivity index (χ0n) is 18.6. The van der Waals surface area contributed by atoms with E-state index in [1.54, 1.807) is 66.7 Å². The lowest BCUT2D eigenvalue weighted by Crippen LogP contribution is -2.21. The largest absolute Gasteiger partial charge is 0.493 e. The molecule has 1 N–H and O–H groups in total. The van der Waals surface area contributed by atoms with Crippen LogP contribution in [0.25, 0.3) is 11.6 Å². The second kappa shape index (κ2) is 10.9. The molecule has 0 unspecified atom stereocenters. The van der Waals surface area contributed by atoms with E-state index in [0.29, 0.717) is 28.2 Å². The number of carbonyl (C=O) groups excluding carboxylic acids is 4. The van der Waals surface area contributed by atoms with Crippen LogP contribution in [0.3, 0.4) is 0 Å². The number of hydrogen-bond acceptors (Lipinski definition) is 6. The normalized spacial score (nSPS) is 12.9. The van der Waals surface area contributed by atoms with Crippen molar-refractivity contribution in [2.45, 2.75) is 6.42 Å². The lowest BCUT2D eigenvalue weighted by atomic mass is 10.1. The molecule has 1 aliphatic heterocycles. The Balaban J connectivity index is 1.22. The molecule has 0 saturated heterocycles. The number of nitrogens with one attached hydrogen (secondary N) is 1. The van der Waals surface area contributed by atoms with Crippen LogP contribution in [0.2, 0.25) is 0 Å². The minimum atomic E-state index is -0.449. The first-order valence-corrected chi connectivity index (χ1v) is 10.9. The molecule has 0 bridgehead atoms. The van der Waals surface area contributed by atoms with Crippen molar-refractivity contribution in [3.63, 3.8) is 0 Å². The zero-order valence-corrected chi connectivity index (χ0v) is 18.6. The minimum Gasteiger partial charge on any atom is -0.493 e. The van der Waals surface area contributed by atoms with Gasteiger partial charge in [0.25, 0.3) is 11.8 Å². The fourth-order valence-corrected chi connectivity index (χ4v) is 3.31. The van der Waals surface area contributed by atoms with Gasteiger partial charge < -0.3 is 9.47 Å². The van der Waals surface area contributed by atoms with Crippen molar-refractivity contribution in [2.24, 2.45) is 0 Å². The highest BCUT2D eigenvalue weighted by atomic mass is 16.5. The Morgan fingerprint density at radius 3 is 2.17 bits per heavy atom. The number of allylic oxidation sites excluding steroid dienone is 1. The van der Waals surface area contributed by atoms with Crippen LogP contribution in [0.4, 0.5) is 0 Å². The van der Waals surface area contributed by atoms with Gasteiger partial charge in [-0.3, -0.25) is 24.5 Å². The van der Waals surface area contributed by atoms with Gasteiger partial charge in [-0.2, -0.15) is 0 Å². The van der Waals surface area contributed by atoms with E-state index in [4.69, 9.17) is 9.47 Å². The Hall–Kier alpha value is -4.78. The molecule has 0 fully saturated rings. The summed E-state index contributed by atoms with van der Waals surface area (Å²) in [6.45, 7) is 0.113. The van der Waals surface area contributed by atoms with Gasteiger partial charge in [0.2, 0.25) is 0 Å². The highest BCUT2D eigenvalue weighted by Crippen LogP contribution is 2.21. The van der Waals surface area contributed by atoms with Crippen LogP contribution in [0.15, 0.2) is 91.0 Å². The zero-order chi connectivity index (χ0) is 24.6. The van der Waals surface area contributed by atoms with E-state index in [9.17, 15) is 19.2 Å². The van der Waals surface area contributed by atoms with Gasteiger partial charge in [0.05, 0.1) is 18.6 Å². The maximum atomic E-state index is 12.1. The maximum absolute atomic E-state index is 12.1. The van der Waals surface area contributed by atoms with Gasteiger partial charge in [-0.1, -0.05) is 60.7 Å². The van der Waals surface area contributed by atoms with Crippen LogP contribution in [-0.4, -0.2) is 30.2 Å². The number of imide groups is 1. The number of carbonyl (C=O) groups is 4. The number of ketones is 1. The topological polar surface area (TPSA) is 98.8 Å². The van der Waals surface area contributed by atoms with E-state index >= 15 is 0 Å². The molecule has 0 atom stereocenters. The number of esters is 1. The van der Waals surface area contributed by atoms with Crippen LogP contribution >= 0.6 is 0 Å². The van der Waals surface area contributed by atoms with Crippen molar-refractivity contribution >= 4 is 35.2 Å². The first kappa shape index (κ1) is 23.4. The Labute approximate surface area is 201 Å². The van der Waals surface area contributed by atoms with E-state index in [0.717, 1.165) is 5.56 Å². The Morgan fingerprint density at radius 1 is 0.829 bits per heavy atom. The summed E-state index contributed by atoms with van der Waals surface area (Å²) in [4.78, 5) is 47.2. The molecule has 0 saturated carbocycles. The predicted octanol–water partition coefficient (Wildman–Crippen LogP) is 4.00. The fourth-order valence-electron chi connectivity index (χ4n) is 3.31. The van der Waals surface area contributed by atoms with Crippen molar-refractivity contribution in [3.05, 3.63) is 108 Å². The number of amides is 2. The molecule has 2 amide bonds. The molecule has 0 aromatic heterocycles. The summed E-state index contributed by atoms with van der Waals surface area (Å²) < 4.78 is 10.9. The highest BCUT2D eigenvalue weighted by Gasteiger charge is 2.21. The van der Waals surface area contributed by atoms with E-state index in [1.807, 2.05) is 18.2 Å². The second-order valence-electron chi connectivity index (χ2n) is 7.61. The molecule has 1 heterocycles. The molecule has 3 aromatic rings. The smallest absolute Gasteiger partial charge is 0.314 e. The quantitative estimate of drug-likeness (QED) is 0.168. The van der Waals surface area contributed by atoms with Crippen LogP contribution < -0.4 is 14.8 Å². The summed E-state index contributed by atoms with van der Waals surface area (Å²) in [6.07, 6.45) is 4.49. The Bertz CT molecular complexity index is 1310. The minimum absolute atomic E-state index is 0.0387. The van der Waals surface area contributed by atoms with Gasteiger partial charge in [0.15, 0.2) is 5.78 Å². The average Bonchev–Trinajstić information content (AvgIpc) is 3.22. The number of benzene rings is 3. The second-order valence-corrected chi connectivity index (χ2v) is 7.61. The van der Waals surface area contributed by atoms with Gasteiger partial charge in [0, 0.05) is 11.6 Å². The van der Waals surface area contributed by atoms with Crippen molar-refractivity contribution in [3.8, 4) is 11.5 Å². The monoisotopic (exact) mass is 467 g/mol. The molecule has 7 heteroatoms. The van der Waals surface area contributed by atoms with E-state index in [2.05, 4.69) is 5.32 Å². The molecule has 7 nitrogen and oxygen atoms in total. The van der Waals surface area contributed by atoms with E-state index in [1.165, 1.54) is 12.2 Å². The lowest BCUT2D eigenvalue weighted by Gasteiger charge is -2.08. The third-order valence-corrected chi connectivity index (χ3v) is 5.09. The van der Waals surface area contributed by atoms with Gasteiger partial charge in [0.1, 0.15) is 11.5 Å². The van der Waals surface area contributed by atoms with Crippen LogP contribution in [0.1, 0.15) is 27.9 Å². The van der Waals surface area contributed by atoms with E-state index in [-0.39, 0.29) is 18.8 Å². The molecule has 3 aromatic carbocycles. The molecule has 0 aliphatic carbocycles. The van der Waals surface area contributed by atoms with Crippen molar-refractivity contribution in [1.29, 1.82) is 0 Å². The number of hydrogen-bond donors (Lipinski definition) is 1. The summed E-state index contributed by atoms with van der Waals surface area (Å²) in [6, 6.07) is 22.5. The third-order valence-electron chi connectivity index (χ3n) is 5.09. The number of rotatable bonds is 9. The van der Waals surface area contributed by atoms with Gasteiger partial charge in [-0.25, -0.2) is 0 Å². The summed E-state index contributed by atoms with van der Waals surface area (Å²) in [5.74, 6) is -0.497. The average molecular weight is 467 g/mol. The standard InChI is InChI=1S/C28H21NO6/c30-25(21-4-2-1-3-5-21)15-8-19-6-11-23(12-7-19)35-27(32)16-17-34-22-13-9-20(10-14-22)24-18-26(31)29-28(24)33/h1-15,18H,16-17H2,(H,29,31,33). The third kappa shape index (κ3) is 6.39. The number of ether oxygens (including phenoxy) is 2. The molecule has 4 rings (SSSR count). The highest BCUT2D eigenvalue weighted by molar-refractivity contribution is 6.33. The van der Waals surface area contributed by atoms with Crippen LogP contribution in [0.5, 0.6) is 11.5 Å². The summed E-state index contributed by atoms with van der Waals surface area (Å²) in [7, 11) is 0. The van der Waals surface area contributed by atoms with Crippen LogP contribution in [-0.2, 0) is 14.4 Å². The van der Waals surface area contributed by atoms with Crippen molar-refractivity contribution in [1.82, 2.24) is 5.32 Å². The van der Waals surface area contributed by atoms with Gasteiger partial charge in [-0.15, -0.1) is 0 Å². The molecular weight excluding hydrogens is 446 g/mol. The SMILES string of the molecule is O=C1C=C(c2ccc(OCCC(=O)Oc3ccc(C=CC(=O)c4ccccc4)cc3)cc2)C(=O)N1. The van der Waals surface area contributed by atoms with Crippen molar-refractivity contribution < 1.29 is 28.7 Å². The van der Waals surface area contributed by atoms with Gasteiger partial charge in [-0.05, 0) is 41.5 Å². The summed E-state index contributed by atoms with van der Waals surface area (Å²) in [5, 5.41) is 2.20. The fraction of sp³-hybridized carbons (Fsp3) is 0.0714. The van der Waals surface area contributed by atoms with Crippen LogP contribution in [0, 0.1) is 0 Å². The predicted molar refractivity (Wildman–Crippen MR) is 130 cm³/mol. The molecule has 174 valence electrons. The Morgan fingerprint density at radius 2 is 1.51 bits per heavy atom. The summed E-state index contributed by atoms with van der Waals surface area (Å²) in [5.41, 5.74) is 2.32. The molecule has 0 spiro atoms.